The molecule has 0 fully saturated rings. The van der Waals surface area contributed by atoms with Crippen molar-refractivity contribution in [2.24, 2.45) is 0 Å². The fourth-order valence-electron chi connectivity index (χ4n) is 4.49. The van der Waals surface area contributed by atoms with Crippen molar-refractivity contribution < 1.29 is 28.9 Å². The molecular formula is C24H24N4O8. The maximum atomic E-state index is 12.5. The van der Waals surface area contributed by atoms with Crippen molar-refractivity contribution in [2.45, 2.75) is 25.0 Å². The van der Waals surface area contributed by atoms with E-state index >= 15 is 0 Å². The first-order valence-electron chi connectivity index (χ1n) is 11.4. The molecule has 0 amide bonds. The van der Waals surface area contributed by atoms with Gasteiger partial charge in [0.1, 0.15) is 12.2 Å². The van der Waals surface area contributed by atoms with E-state index in [-0.39, 0.29) is 24.5 Å². The minimum atomic E-state index is -0.812. The minimum Gasteiger partial charge on any atom is -0.453 e. The van der Waals surface area contributed by atoms with Gasteiger partial charge in [0.15, 0.2) is 0 Å². The van der Waals surface area contributed by atoms with E-state index in [9.17, 15) is 29.8 Å². The van der Waals surface area contributed by atoms with Gasteiger partial charge in [0.05, 0.1) is 9.85 Å². The molecule has 0 bridgehead atoms. The Morgan fingerprint density at radius 3 is 1.58 bits per heavy atom. The van der Waals surface area contributed by atoms with Gasteiger partial charge in [0, 0.05) is 59.6 Å². The van der Waals surface area contributed by atoms with Gasteiger partial charge in [-0.3, -0.25) is 20.2 Å². The number of nitrogens with zero attached hydrogens (tertiary/aromatic N) is 2. The SMILES string of the molecule is O=C(/C=C\C(=O)OC1CNCCc2c1cccc2[N+](=O)[O-])OC1CNCCc2c1cccc2[N+](=O)[O-]. The van der Waals surface area contributed by atoms with Gasteiger partial charge in [-0.05, 0) is 25.9 Å². The number of nitrogens with one attached hydrogen (secondary N) is 2. The molecule has 12 nitrogen and oxygen atoms in total. The number of carbonyl (C=O) groups is 2. The molecule has 2 aliphatic heterocycles. The van der Waals surface area contributed by atoms with Gasteiger partial charge in [-0.15, -0.1) is 0 Å². The van der Waals surface area contributed by atoms with E-state index in [1.807, 2.05) is 0 Å². The lowest BCUT2D eigenvalue weighted by molar-refractivity contribution is -0.385. The molecule has 0 saturated heterocycles. The highest BCUT2D eigenvalue weighted by Crippen LogP contribution is 2.32. The molecule has 2 aliphatic rings. The number of nitro benzene ring substituents is 2. The summed E-state index contributed by atoms with van der Waals surface area (Å²) < 4.78 is 11.0. The maximum Gasteiger partial charge on any atom is 0.331 e. The molecular weight excluding hydrogens is 472 g/mol. The molecule has 12 heteroatoms. The average molecular weight is 496 g/mol. The van der Waals surface area contributed by atoms with Crippen molar-refractivity contribution in [1.82, 2.24) is 10.6 Å². The van der Waals surface area contributed by atoms with Gasteiger partial charge in [-0.25, -0.2) is 9.59 Å². The molecule has 4 rings (SSSR count). The quantitative estimate of drug-likeness (QED) is 0.262. The van der Waals surface area contributed by atoms with Crippen LogP contribution in [0, 0.1) is 20.2 Å². The highest BCUT2D eigenvalue weighted by molar-refractivity contribution is 5.92. The molecule has 2 aromatic carbocycles. The molecule has 2 unspecified atom stereocenters. The van der Waals surface area contributed by atoms with E-state index in [0.29, 0.717) is 48.2 Å². The first-order valence-corrected chi connectivity index (χ1v) is 11.4. The average Bonchev–Trinajstić information content (AvgIpc) is 3.18. The van der Waals surface area contributed by atoms with Crippen LogP contribution in [0.4, 0.5) is 11.4 Å². The summed E-state index contributed by atoms with van der Waals surface area (Å²) in [7, 11) is 0. The Hall–Kier alpha value is -4.16. The zero-order valence-electron chi connectivity index (χ0n) is 19.2. The van der Waals surface area contributed by atoms with Gasteiger partial charge in [0.25, 0.3) is 11.4 Å². The zero-order valence-corrected chi connectivity index (χ0v) is 19.2. The summed E-state index contributed by atoms with van der Waals surface area (Å²) in [5.74, 6) is -1.62. The fourth-order valence-corrected chi connectivity index (χ4v) is 4.49. The molecule has 0 saturated carbocycles. The second-order valence-corrected chi connectivity index (χ2v) is 8.30. The third-order valence-corrected chi connectivity index (χ3v) is 6.10. The van der Waals surface area contributed by atoms with Crippen molar-refractivity contribution in [2.75, 3.05) is 26.2 Å². The summed E-state index contributed by atoms with van der Waals surface area (Å²) in [6.07, 6.45) is 1.16. The highest BCUT2D eigenvalue weighted by Gasteiger charge is 2.28. The summed E-state index contributed by atoms with van der Waals surface area (Å²) >= 11 is 0. The Balaban J connectivity index is 1.44. The smallest absolute Gasteiger partial charge is 0.331 e. The molecule has 0 aromatic heterocycles. The summed E-state index contributed by atoms with van der Waals surface area (Å²) in [5.41, 5.74) is 2.02. The van der Waals surface area contributed by atoms with Gasteiger partial charge in [-0.2, -0.15) is 0 Å². The van der Waals surface area contributed by atoms with Crippen LogP contribution in [0.5, 0.6) is 0 Å². The molecule has 188 valence electrons. The maximum absolute atomic E-state index is 12.5. The van der Waals surface area contributed by atoms with E-state index in [4.69, 9.17) is 9.47 Å². The number of rotatable bonds is 6. The van der Waals surface area contributed by atoms with Crippen LogP contribution in [-0.2, 0) is 31.9 Å². The molecule has 0 spiro atoms. The third kappa shape index (κ3) is 5.56. The van der Waals surface area contributed by atoms with Gasteiger partial charge >= 0.3 is 11.9 Å². The van der Waals surface area contributed by atoms with Crippen LogP contribution in [-0.4, -0.2) is 48.0 Å². The summed E-state index contributed by atoms with van der Waals surface area (Å²) in [4.78, 5) is 46.7. The van der Waals surface area contributed by atoms with Crippen molar-refractivity contribution in [3.05, 3.63) is 91.0 Å². The van der Waals surface area contributed by atoms with Crippen LogP contribution in [0.3, 0.4) is 0 Å². The van der Waals surface area contributed by atoms with Crippen molar-refractivity contribution >= 4 is 23.3 Å². The fraction of sp³-hybridized carbons (Fsp3) is 0.333. The second kappa shape index (κ2) is 11.1. The molecule has 0 radical (unpaired) electrons. The van der Waals surface area contributed by atoms with Crippen molar-refractivity contribution in [3.8, 4) is 0 Å². The van der Waals surface area contributed by atoms with Crippen molar-refractivity contribution in [3.63, 3.8) is 0 Å². The normalized spacial score (nSPS) is 19.3. The van der Waals surface area contributed by atoms with E-state index in [1.165, 1.54) is 12.1 Å². The number of ether oxygens (including phenoxy) is 2. The lowest BCUT2D eigenvalue weighted by Gasteiger charge is -2.18. The van der Waals surface area contributed by atoms with E-state index in [0.717, 1.165) is 12.2 Å². The highest BCUT2D eigenvalue weighted by atomic mass is 16.6. The number of hydrogen-bond acceptors (Lipinski definition) is 10. The molecule has 2 atom stereocenters. The summed E-state index contributed by atoms with van der Waals surface area (Å²) in [5, 5.41) is 28.9. The van der Waals surface area contributed by atoms with Crippen LogP contribution in [0.25, 0.3) is 0 Å². The van der Waals surface area contributed by atoms with Crippen molar-refractivity contribution in [1.29, 1.82) is 0 Å². The van der Waals surface area contributed by atoms with Crippen LogP contribution in [0.1, 0.15) is 34.5 Å². The number of nitro groups is 2. The number of carbonyl (C=O) groups excluding carboxylic acids is 2. The Morgan fingerprint density at radius 1 is 0.778 bits per heavy atom. The van der Waals surface area contributed by atoms with E-state index in [1.54, 1.807) is 24.3 Å². The summed E-state index contributed by atoms with van der Waals surface area (Å²) in [6, 6.07) is 9.27. The number of hydrogen-bond donors (Lipinski definition) is 2. The Kier molecular flexibility index (Phi) is 7.66. The minimum absolute atomic E-state index is 0.0334. The van der Waals surface area contributed by atoms with E-state index in [2.05, 4.69) is 10.6 Å². The Morgan fingerprint density at radius 2 is 1.19 bits per heavy atom. The summed E-state index contributed by atoms with van der Waals surface area (Å²) in [6.45, 7) is 1.51. The first-order chi connectivity index (χ1) is 17.3. The molecule has 2 N–H and O–H groups in total. The topological polar surface area (TPSA) is 163 Å². The van der Waals surface area contributed by atoms with Crippen LogP contribution in [0.15, 0.2) is 48.6 Å². The third-order valence-electron chi connectivity index (χ3n) is 6.10. The van der Waals surface area contributed by atoms with Crippen LogP contribution in [0.2, 0.25) is 0 Å². The molecule has 2 heterocycles. The first kappa shape index (κ1) is 24.9. The monoisotopic (exact) mass is 496 g/mol. The van der Waals surface area contributed by atoms with Gasteiger partial charge < -0.3 is 20.1 Å². The largest absolute Gasteiger partial charge is 0.453 e. The predicted molar refractivity (Wildman–Crippen MR) is 126 cm³/mol. The molecule has 36 heavy (non-hydrogen) atoms. The molecule has 2 aromatic rings. The van der Waals surface area contributed by atoms with E-state index < -0.39 is 34.0 Å². The standard InChI is InChI=1S/C24H24N4O8/c29-23(35-21-13-25-11-9-15-17(21)3-1-5-19(15)27(31)32)7-8-24(30)36-22-14-26-12-10-16-18(22)4-2-6-20(16)28(33)34/h1-8,21-22,25-26H,9-14H2/b8-7-. The van der Waals surface area contributed by atoms with Gasteiger partial charge in [0.2, 0.25) is 0 Å². The predicted octanol–water partition coefficient (Wildman–Crippen LogP) is 2.22. The van der Waals surface area contributed by atoms with Crippen LogP contribution < -0.4 is 10.6 Å². The Labute approximate surface area is 205 Å². The lowest BCUT2D eigenvalue weighted by atomic mass is 9.99. The Bertz CT molecular complexity index is 1140. The second-order valence-electron chi connectivity index (χ2n) is 8.30. The number of benzene rings is 2. The zero-order chi connectivity index (χ0) is 25.7. The van der Waals surface area contributed by atoms with Gasteiger partial charge in [-0.1, -0.05) is 24.3 Å². The number of esters is 2. The molecule has 0 aliphatic carbocycles. The van der Waals surface area contributed by atoms with Crippen LogP contribution >= 0.6 is 0 Å². The lowest BCUT2D eigenvalue weighted by Crippen LogP contribution is -2.24. The number of fused-ring (bicyclic) bond motifs is 2.